The molecule has 1 aromatic rings. The largest absolute Gasteiger partial charge is 0.378 e. The van der Waals surface area contributed by atoms with Crippen LogP contribution in [0, 0.1) is 0 Å². The number of morpholine rings is 1. The molecule has 3 N–H and O–H groups in total. The molecule has 1 atom stereocenters. The molecule has 1 heterocycles. The van der Waals surface area contributed by atoms with Crippen molar-refractivity contribution < 1.29 is 17.9 Å². The maximum atomic E-state index is 12.0. The van der Waals surface area contributed by atoms with Crippen LogP contribution in [-0.2, 0) is 19.6 Å². The minimum atomic E-state index is -3.40. The van der Waals surface area contributed by atoms with Crippen LogP contribution in [0.4, 0.5) is 11.4 Å². The topological polar surface area (TPSA) is 96.5 Å². The normalized spacial score (nSPS) is 19.0. The van der Waals surface area contributed by atoms with Gasteiger partial charge in [0.15, 0.2) is 0 Å². The molecule has 9 heteroatoms. The first kappa shape index (κ1) is 16.0. The summed E-state index contributed by atoms with van der Waals surface area (Å²) < 4.78 is 29.8. The van der Waals surface area contributed by atoms with Crippen LogP contribution in [0.15, 0.2) is 18.2 Å². The first-order valence-electron chi connectivity index (χ1n) is 6.24. The minimum Gasteiger partial charge on any atom is -0.378 e. The number of anilines is 2. The molecule has 0 saturated carbocycles. The Bertz CT molecular complexity index is 629. The number of nitrogens with one attached hydrogen (secondary N) is 3. The van der Waals surface area contributed by atoms with Crippen LogP contribution in [-0.4, -0.2) is 46.4 Å². The summed E-state index contributed by atoms with van der Waals surface area (Å²) in [6.07, 6.45) is 1.04. The van der Waals surface area contributed by atoms with Crippen LogP contribution in [0.2, 0.25) is 5.02 Å². The first-order valence-corrected chi connectivity index (χ1v) is 8.51. The van der Waals surface area contributed by atoms with Gasteiger partial charge in [-0.25, -0.2) is 8.42 Å². The fourth-order valence-corrected chi connectivity index (χ4v) is 2.70. The molecule has 1 unspecified atom stereocenters. The lowest BCUT2D eigenvalue weighted by Crippen LogP contribution is -2.48. The Kier molecular flexibility index (Phi) is 5.04. The zero-order chi connectivity index (χ0) is 15.5. The molecule has 1 aliphatic heterocycles. The number of carbonyl (C=O) groups is 1. The molecule has 7 nitrogen and oxygen atoms in total. The number of carbonyl (C=O) groups excluding carboxylic acids is 1. The average molecular weight is 334 g/mol. The Labute approximate surface area is 128 Å². The maximum Gasteiger partial charge on any atom is 0.243 e. The van der Waals surface area contributed by atoms with Gasteiger partial charge in [0.05, 0.1) is 30.2 Å². The smallest absolute Gasteiger partial charge is 0.243 e. The third kappa shape index (κ3) is 4.85. The molecule has 1 aromatic carbocycles. The molecule has 1 amide bonds. The molecule has 0 radical (unpaired) electrons. The Balaban J connectivity index is 2.04. The van der Waals surface area contributed by atoms with Gasteiger partial charge in [0.2, 0.25) is 15.9 Å². The van der Waals surface area contributed by atoms with Gasteiger partial charge in [-0.2, -0.15) is 0 Å². The lowest BCUT2D eigenvalue weighted by atomic mass is 10.2. The van der Waals surface area contributed by atoms with Gasteiger partial charge >= 0.3 is 0 Å². The highest BCUT2D eigenvalue weighted by molar-refractivity contribution is 7.92. The first-order chi connectivity index (χ1) is 9.85. The molecular formula is C12H16ClN3O4S. The number of benzene rings is 1. The van der Waals surface area contributed by atoms with Crippen molar-refractivity contribution in [3.63, 3.8) is 0 Å². The van der Waals surface area contributed by atoms with Crippen LogP contribution in [0.1, 0.15) is 0 Å². The Hall–Kier alpha value is -1.35. The van der Waals surface area contributed by atoms with Crippen molar-refractivity contribution >= 4 is 38.9 Å². The zero-order valence-electron chi connectivity index (χ0n) is 11.3. The molecule has 1 fully saturated rings. The van der Waals surface area contributed by atoms with Crippen molar-refractivity contribution in [2.24, 2.45) is 0 Å². The van der Waals surface area contributed by atoms with Crippen molar-refractivity contribution in [3.05, 3.63) is 23.2 Å². The second kappa shape index (κ2) is 6.61. The van der Waals surface area contributed by atoms with E-state index < -0.39 is 16.1 Å². The summed E-state index contributed by atoms with van der Waals surface area (Å²) >= 11 is 5.99. The maximum absolute atomic E-state index is 12.0. The summed E-state index contributed by atoms with van der Waals surface area (Å²) in [7, 11) is -3.40. The van der Waals surface area contributed by atoms with E-state index >= 15 is 0 Å². The number of hydrogen-bond acceptors (Lipinski definition) is 5. The van der Waals surface area contributed by atoms with Crippen LogP contribution < -0.4 is 15.4 Å². The van der Waals surface area contributed by atoms with Gasteiger partial charge in [0, 0.05) is 12.2 Å². The summed E-state index contributed by atoms with van der Waals surface area (Å²) in [6.45, 7) is 1.52. The van der Waals surface area contributed by atoms with Crippen LogP contribution in [0.25, 0.3) is 0 Å². The van der Waals surface area contributed by atoms with E-state index in [1.807, 2.05) is 0 Å². The summed E-state index contributed by atoms with van der Waals surface area (Å²) in [6, 6.07) is 4.13. The number of halogens is 1. The SMILES string of the molecule is CS(=O)(=O)Nc1ccc(NC(=O)C2COCCN2)cc1Cl. The van der Waals surface area contributed by atoms with Gasteiger partial charge in [-0.3, -0.25) is 9.52 Å². The Morgan fingerprint density at radius 1 is 1.48 bits per heavy atom. The highest BCUT2D eigenvalue weighted by atomic mass is 35.5. The molecule has 21 heavy (non-hydrogen) atoms. The van der Waals surface area contributed by atoms with Crippen LogP contribution in [0.5, 0.6) is 0 Å². The summed E-state index contributed by atoms with van der Waals surface area (Å²) in [5, 5.41) is 5.93. The Morgan fingerprint density at radius 3 is 2.81 bits per heavy atom. The van der Waals surface area contributed by atoms with Crippen molar-refractivity contribution in [3.8, 4) is 0 Å². The van der Waals surface area contributed by atoms with E-state index in [4.69, 9.17) is 16.3 Å². The number of amides is 1. The van der Waals surface area contributed by atoms with E-state index in [0.29, 0.717) is 25.4 Å². The van der Waals surface area contributed by atoms with Gasteiger partial charge in [-0.15, -0.1) is 0 Å². The van der Waals surface area contributed by atoms with Crippen molar-refractivity contribution in [1.82, 2.24) is 5.32 Å². The highest BCUT2D eigenvalue weighted by Gasteiger charge is 2.21. The molecule has 116 valence electrons. The molecular weight excluding hydrogens is 318 g/mol. The van der Waals surface area contributed by atoms with Gasteiger partial charge < -0.3 is 15.4 Å². The highest BCUT2D eigenvalue weighted by Crippen LogP contribution is 2.26. The molecule has 0 aromatic heterocycles. The van der Waals surface area contributed by atoms with Crippen molar-refractivity contribution in [2.45, 2.75) is 6.04 Å². The zero-order valence-corrected chi connectivity index (χ0v) is 12.9. The summed E-state index contributed by atoms with van der Waals surface area (Å²) in [5.41, 5.74) is 0.743. The quantitative estimate of drug-likeness (QED) is 0.751. The van der Waals surface area contributed by atoms with Crippen LogP contribution >= 0.6 is 11.6 Å². The van der Waals surface area contributed by atoms with Crippen LogP contribution in [0.3, 0.4) is 0 Å². The second-order valence-electron chi connectivity index (χ2n) is 4.64. The van der Waals surface area contributed by atoms with Gasteiger partial charge in [0.25, 0.3) is 0 Å². The lowest BCUT2D eigenvalue weighted by Gasteiger charge is -2.23. The monoisotopic (exact) mass is 333 g/mol. The van der Waals surface area contributed by atoms with E-state index in [1.165, 1.54) is 12.1 Å². The predicted molar refractivity (Wildman–Crippen MR) is 81.2 cm³/mol. The molecule has 0 bridgehead atoms. The van der Waals surface area contributed by atoms with Crippen molar-refractivity contribution in [1.29, 1.82) is 0 Å². The molecule has 2 rings (SSSR count). The third-order valence-corrected chi connectivity index (χ3v) is 3.67. The average Bonchev–Trinajstić information content (AvgIpc) is 2.41. The van der Waals surface area contributed by atoms with E-state index in [1.54, 1.807) is 6.07 Å². The standard InChI is InChI=1S/C12H16ClN3O4S/c1-21(18,19)16-10-3-2-8(6-9(10)13)15-12(17)11-7-20-5-4-14-11/h2-3,6,11,14,16H,4-5,7H2,1H3,(H,15,17). The third-order valence-electron chi connectivity index (χ3n) is 2.77. The summed E-state index contributed by atoms with van der Waals surface area (Å²) in [4.78, 5) is 12.0. The fourth-order valence-electron chi connectivity index (χ4n) is 1.84. The second-order valence-corrected chi connectivity index (χ2v) is 6.80. The predicted octanol–water partition coefficient (Wildman–Crippen LogP) is 0.638. The van der Waals surface area contributed by atoms with E-state index in [0.717, 1.165) is 6.26 Å². The molecule has 1 saturated heterocycles. The summed E-state index contributed by atoms with van der Waals surface area (Å²) in [5.74, 6) is -0.227. The Morgan fingerprint density at radius 2 is 2.24 bits per heavy atom. The minimum absolute atomic E-state index is 0.200. The molecule has 0 aliphatic carbocycles. The van der Waals surface area contributed by atoms with E-state index in [9.17, 15) is 13.2 Å². The van der Waals surface area contributed by atoms with Gasteiger partial charge in [-0.1, -0.05) is 11.6 Å². The van der Waals surface area contributed by atoms with Gasteiger partial charge in [0.1, 0.15) is 6.04 Å². The number of hydrogen-bond donors (Lipinski definition) is 3. The number of ether oxygens (including phenoxy) is 1. The number of rotatable bonds is 4. The lowest BCUT2D eigenvalue weighted by molar-refractivity contribution is -0.120. The number of sulfonamides is 1. The van der Waals surface area contributed by atoms with E-state index in [-0.39, 0.29) is 16.6 Å². The fraction of sp³-hybridized carbons (Fsp3) is 0.417. The van der Waals surface area contributed by atoms with Crippen molar-refractivity contribution in [2.75, 3.05) is 36.1 Å². The van der Waals surface area contributed by atoms with E-state index in [2.05, 4.69) is 15.4 Å². The molecule has 0 spiro atoms. The molecule has 1 aliphatic rings. The van der Waals surface area contributed by atoms with Gasteiger partial charge in [-0.05, 0) is 18.2 Å².